The minimum absolute atomic E-state index is 0.259. The fourth-order valence-electron chi connectivity index (χ4n) is 1.69. The Labute approximate surface area is 124 Å². The monoisotopic (exact) mass is 318 g/mol. The van der Waals surface area contributed by atoms with Crippen LogP contribution in [0.25, 0.3) is 5.69 Å². The van der Waals surface area contributed by atoms with E-state index < -0.39 is 11.7 Å². The Balaban J connectivity index is 2.26. The molecule has 0 saturated carbocycles. The maximum Gasteiger partial charge on any atom is 0.417 e. The summed E-state index contributed by atoms with van der Waals surface area (Å²) in [6.07, 6.45) is -2.92. The third-order valence-electron chi connectivity index (χ3n) is 2.75. The molecule has 1 N–H and O–H groups in total. The minimum Gasteiger partial charge on any atom is -0.309 e. The van der Waals surface area contributed by atoms with Crippen LogP contribution in [0.5, 0.6) is 0 Å². The SMILES string of the molecule is CC(C)NCc1cn(-c2ccc(Cl)c(C(F)(F)F)c2)nn1. The van der Waals surface area contributed by atoms with Gasteiger partial charge in [-0.1, -0.05) is 30.7 Å². The van der Waals surface area contributed by atoms with Crippen LogP contribution < -0.4 is 5.32 Å². The Morgan fingerprint density at radius 3 is 2.67 bits per heavy atom. The van der Waals surface area contributed by atoms with Crippen LogP contribution in [0.4, 0.5) is 13.2 Å². The molecule has 0 fully saturated rings. The van der Waals surface area contributed by atoms with Gasteiger partial charge in [0.2, 0.25) is 0 Å². The molecule has 0 saturated heterocycles. The second-order valence-corrected chi connectivity index (χ2v) is 5.26. The third kappa shape index (κ3) is 3.95. The van der Waals surface area contributed by atoms with Crippen LogP contribution in [0.3, 0.4) is 0 Å². The van der Waals surface area contributed by atoms with E-state index in [1.54, 1.807) is 6.20 Å². The summed E-state index contributed by atoms with van der Waals surface area (Å²) in [6.45, 7) is 4.47. The Bertz CT molecular complexity index is 622. The summed E-state index contributed by atoms with van der Waals surface area (Å²) in [5.41, 5.74) is 0.0150. The number of nitrogens with one attached hydrogen (secondary N) is 1. The Morgan fingerprint density at radius 1 is 1.33 bits per heavy atom. The predicted octanol–water partition coefficient (Wildman–Crippen LogP) is 3.44. The van der Waals surface area contributed by atoms with Crippen molar-refractivity contribution in [3.8, 4) is 5.69 Å². The first kappa shape index (κ1) is 15.8. The van der Waals surface area contributed by atoms with Gasteiger partial charge in [-0.15, -0.1) is 5.10 Å². The molecule has 114 valence electrons. The van der Waals surface area contributed by atoms with Crippen molar-refractivity contribution in [3.63, 3.8) is 0 Å². The van der Waals surface area contributed by atoms with Crippen molar-refractivity contribution in [2.24, 2.45) is 0 Å². The molecule has 0 aliphatic heterocycles. The molecule has 1 aromatic carbocycles. The summed E-state index contributed by atoms with van der Waals surface area (Å²) in [4.78, 5) is 0. The largest absolute Gasteiger partial charge is 0.417 e. The lowest BCUT2D eigenvalue weighted by molar-refractivity contribution is -0.137. The molecule has 0 amide bonds. The molecule has 1 heterocycles. The van der Waals surface area contributed by atoms with E-state index in [1.807, 2.05) is 13.8 Å². The van der Waals surface area contributed by atoms with Gasteiger partial charge in [-0.05, 0) is 18.2 Å². The molecule has 2 rings (SSSR count). The topological polar surface area (TPSA) is 42.7 Å². The zero-order valence-electron chi connectivity index (χ0n) is 11.4. The van der Waals surface area contributed by atoms with Crippen molar-refractivity contribution in [2.45, 2.75) is 32.6 Å². The number of rotatable bonds is 4. The highest BCUT2D eigenvalue weighted by atomic mass is 35.5. The van der Waals surface area contributed by atoms with Crippen molar-refractivity contribution in [1.29, 1.82) is 0 Å². The zero-order chi connectivity index (χ0) is 15.6. The predicted molar refractivity (Wildman–Crippen MR) is 73.3 cm³/mol. The molecular formula is C13H14ClF3N4. The Kier molecular flexibility index (Phi) is 4.53. The molecule has 0 radical (unpaired) electrons. The van der Waals surface area contributed by atoms with Gasteiger partial charge in [-0.2, -0.15) is 13.2 Å². The molecule has 2 aromatic rings. The van der Waals surface area contributed by atoms with E-state index in [0.717, 1.165) is 6.07 Å². The maximum absolute atomic E-state index is 12.8. The number of halogens is 4. The Morgan fingerprint density at radius 2 is 2.05 bits per heavy atom. The average molecular weight is 319 g/mol. The number of benzene rings is 1. The lowest BCUT2D eigenvalue weighted by atomic mass is 10.2. The molecule has 21 heavy (non-hydrogen) atoms. The smallest absolute Gasteiger partial charge is 0.309 e. The normalized spacial score (nSPS) is 12.1. The van der Waals surface area contributed by atoms with E-state index >= 15 is 0 Å². The molecule has 0 bridgehead atoms. The molecule has 4 nitrogen and oxygen atoms in total. The number of hydrogen-bond donors (Lipinski definition) is 1. The second kappa shape index (κ2) is 6.03. The number of hydrogen-bond acceptors (Lipinski definition) is 3. The van der Waals surface area contributed by atoms with Gasteiger partial charge in [0.15, 0.2) is 0 Å². The molecular weight excluding hydrogens is 305 g/mol. The number of nitrogens with zero attached hydrogens (tertiary/aromatic N) is 3. The van der Waals surface area contributed by atoms with Crippen molar-refractivity contribution in [2.75, 3.05) is 0 Å². The van der Waals surface area contributed by atoms with E-state index in [0.29, 0.717) is 12.2 Å². The van der Waals surface area contributed by atoms with Gasteiger partial charge in [-0.3, -0.25) is 0 Å². The standard InChI is InChI=1S/C13H14ClF3N4/c1-8(2)18-6-9-7-21(20-19-9)10-3-4-12(14)11(5-10)13(15,16)17/h3-5,7-8,18H,6H2,1-2H3. The summed E-state index contributed by atoms with van der Waals surface area (Å²) in [5.74, 6) is 0. The van der Waals surface area contributed by atoms with E-state index in [-0.39, 0.29) is 16.8 Å². The number of aromatic nitrogens is 3. The van der Waals surface area contributed by atoms with Gasteiger partial charge in [0.25, 0.3) is 0 Å². The fraction of sp³-hybridized carbons (Fsp3) is 0.385. The van der Waals surface area contributed by atoms with Crippen LogP contribution in [-0.4, -0.2) is 21.0 Å². The van der Waals surface area contributed by atoms with Crippen LogP contribution in [0.2, 0.25) is 5.02 Å². The van der Waals surface area contributed by atoms with Gasteiger partial charge < -0.3 is 5.32 Å². The van der Waals surface area contributed by atoms with E-state index in [1.165, 1.54) is 16.8 Å². The lowest BCUT2D eigenvalue weighted by Crippen LogP contribution is -2.21. The van der Waals surface area contributed by atoms with Crippen molar-refractivity contribution in [3.05, 3.63) is 40.7 Å². The highest BCUT2D eigenvalue weighted by Gasteiger charge is 2.33. The highest BCUT2D eigenvalue weighted by Crippen LogP contribution is 2.35. The molecule has 8 heteroatoms. The van der Waals surface area contributed by atoms with Crippen molar-refractivity contribution >= 4 is 11.6 Å². The Hall–Kier alpha value is -1.60. The zero-order valence-corrected chi connectivity index (χ0v) is 12.2. The van der Waals surface area contributed by atoms with E-state index in [2.05, 4.69) is 15.6 Å². The summed E-state index contributed by atoms with van der Waals surface area (Å²) < 4.78 is 39.8. The van der Waals surface area contributed by atoms with E-state index in [9.17, 15) is 13.2 Å². The molecule has 0 spiro atoms. The first-order chi connectivity index (χ1) is 9.77. The minimum atomic E-state index is -4.50. The summed E-state index contributed by atoms with van der Waals surface area (Å²) in [7, 11) is 0. The second-order valence-electron chi connectivity index (χ2n) is 4.85. The number of alkyl halides is 3. The maximum atomic E-state index is 12.8. The first-order valence-electron chi connectivity index (χ1n) is 6.29. The molecule has 0 atom stereocenters. The molecule has 0 aliphatic rings. The fourth-order valence-corrected chi connectivity index (χ4v) is 1.91. The first-order valence-corrected chi connectivity index (χ1v) is 6.67. The van der Waals surface area contributed by atoms with Gasteiger partial charge in [-0.25, -0.2) is 4.68 Å². The lowest BCUT2D eigenvalue weighted by Gasteiger charge is -2.10. The van der Waals surface area contributed by atoms with Crippen molar-refractivity contribution in [1.82, 2.24) is 20.3 Å². The third-order valence-corrected chi connectivity index (χ3v) is 3.08. The molecule has 0 unspecified atom stereocenters. The molecule has 1 aromatic heterocycles. The highest BCUT2D eigenvalue weighted by molar-refractivity contribution is 6.31. The average Bonchev–Trinajstić information content (AvgIpc) is 2.84. The van der Waals surface area contributed by atoms with Crippen LogP contribution in [-0.2, 0) is 12.7 Å². The summed E-state index contributed by atoms with van der Waals surface area (Å²) >= 11 is 5.58. The molecule has 0 aliphatic carbocycles. The van der Waals surface area contributed by atoms with Gasteiger partial charge in [0.05, 0.1) is 28.2 Å². The van der Waals surface area contributed by atoms with Crippen LogP contribution >= 0.6 is 11.6 Å². The van der Waals surface area contributed by atoms with Crippen molar-refractivity contribution < 1.29 is 13.2 Å². The van der Waals surface area contributed by atoms with Crippen LogP contribution in [0, 0.1) is 0 Å². The van der Waals surface area contributed by atoms with Gasteiger partial charge in [0.1, 0.15) is 0 Å². The van der Waals surface area contributed by atoms with E-state index in [4.69, 9.17) is 11.6 Å². The quantitative estimate of drug-likeness (QED) is 0.939. The van der Waals surface area contributed by atoms with Crippen LogP contribution in [0.1, 0.15) is 25.1 Å². The van der Waals surface area contributed by atoms with Gasteiger partial charge >= 0.3 is 6.18 Å². The summed E-state index contributed by atoms with van der Waals surface area (Å²) in [5, 5.41) is 10.6. The van der Waals surface area contributed by atoms with Gasteiger partial charge in [0, 0.05) is 12.6 Å². The summed E-state index contributed by atoms with van der Waals surface area (Å²) in [6, 6.07) is 3.90. The van der Waals surface area contributed by atoms with Crippen LogP contribution in [0.15, 0.2) is 24.4 Å².